The fourth-order valence-corrected chi connectivity index (χ4v) is 4.32. The third kappa shape index (κ3) is 4.44. The van der Waals surface area contributed by atoms with Crippen molar-refractivity contribution in [2.45, 2.75) is 45.1 Å². The summed E-state index contributed by atoms with van der Waals surface area (Å²) in [5.74, 6) is 1.38. The van der Waals surface area contributed by atoms with Gasteiger partial charge >= 0.3 is 0 Å². The molecular formula is C19H28Cl2N2O. The fourth-order valence-electron chi connectivity index (χ4n) is 4.06. The fraction of sp³-hybridized carbons (Fsp3) is 0.632. The van der Waals surface area contributed by atoms with Crippen LogP contribution in [0.25, 0.3) is 0 Å². The van der Waals surface area contributed by atoms with Gasteiger partial charge in [0, 0.05) is 18.0 Å². The number of carbonyl (C=O) groups is 1. The molecule has 2 saturated heterocycles. The molecule has 1 aromatic carbocycles. The monoisotopic (exact) mass is 370 g/mol. The molecule has 0 bridgehead atoms. The van der Waals surface area contributed by atoms with Gasteiger partial charge in [0.25, 0.3) is 0 Å². The first-order valence-electron chi connectivity index (χ1n) is 8.91. The van der Waals surface area contributed by atoms with Gasteiger partial charge in [-0.1, -0.05) is 36.7 Å². The maximum atomic E-state index is 12.9. The topological polar surface area (TPSA) is 32.3 Å². The van der Waals surface area contributed by atoms with E-state index in [1.54, 1.807) is 0 Å². The van der Waals surface area contributed by atoms with E-state index in [1.165, 1.54) is 12.8 Å². The first-order valence-corrected chi connectivity index (χ1v) is 9.29. The van der Waals surface area contributed by atoms with E-state index in [-0.39, 0.29) is 18.4 Å². The second kappa shape index (κ2) is 9.07. The Morgan fingerprint density at radius 2 is 2.12 bits per heavy atom. The quantitative estimate of drug-likeness (QED) is 0.848. The molecule has 3 rings (SSSR count). The van der Waals surface area contributed by atoms with E-state index in [1.807, 2.05) is 18.2 Å². The molecule has 0 spiro atoms. The van der Waals surface area contributed by atoms with Crippen molar-refractivity contribution >= 4 is 29.9 Å². The summed E-state index contributed by atoms with van der Waals surface area (Å²) in [6.45, 7) is 5.28. The molecule has 5 heteroatoms. The number of hydrogen-bond donors (Lipinski definition) is 1. The average Bonchev–Trinajstić information content (AvgIpc) is 3.05. The molecule has 2 aliphatic rings. The Morgan fingerprint density at radius 3 is 2.83 bits per heavy atom. The molecule has 2 heterocycles. The Hall–Kier alpha value is -0.770. The molecule has 24 heavy (non-hydrogen) atoms. The maximum absolute atomic E-state index is 12.9. The van der Waals surface area contributed by atoms with Crippen molar-refractivity contribution in [1.82, 2.24) is 10.2 Å². The molecule has 1 aromatic rings. The van der Waals surface area contributed by atoms with E-state index in [9.17, 15) is 4.79 Å². The molecular weight excluding hydrogens is 343 g/mol. The number of rotatable bonds is 4. The molecule has 0 saturated carbocycles. The Morgan fingerprint density at radius 1 is 1.33 bits per heavy atom. The zero-order chi connectivity index (χ0) is 16.2. The van der Waals surface area contributed by atoms with E-state index in [4.69, 9.17) is 11.6 Å². The molecule has 3 atom stereocenters. The van der Waals surface area contributed by atoms with Gasteiger partial charge in [0.1, 0.15) is 0 Å². The predicted octanol–water partition coefficient (Wildman–Crippen LogP) is 4.45. The first kappa shape index (κ1) is 19.6. The van der Waals surface area contributed by atoms with Gasteiger partial charge in [-0.05, 0) is 62.2 Å². The lowest BCUT2D eigenvalue weighted by Gasteiger charge is -2.31. The number of amides is 1. The first-order chi connectivity index (χ1) is 11.2. The Kier molecular flexibility index (Phi) is 7.39. The van der Waals surface area contributed by atoms with Crippen LogP contribution in [0.4, 0.5) is 0 Å². The van der Waals surface area contributed by atoms with E-state index in [0.717, 1.165) is 43.1 Å². The van der Waals surface area contributed by atoms with Crippen LogP contribution < -0.4 is 5.32 Å². The SMILES string of the molecule is CC(CC(=O)N1CCCC1c1ccccc1Cl)C1CCCNC1.Cl. The van der Waals surface area contributed by atoms with Gasteiger partial charge in [-0.3, -0.25) is 4.79 Å². The van der Waals surface area contributed by atoms with Gasteiger partial charge in [-0.25, -0.2) is 0 Å². The summed E-state index contributed by atoms with van der Waals surface area (Å²) in [5.41, 5.74) is 1.10. The van der Waals surface area contributed by atoms with Crippen LogP contribution in [0.3, 0.4) is 0 Å². The van der Waals surface area contributed by atoms with Crippen LogP contribution >= 0.6 is 24.0 Å². The lowest BCUT2D eigenvalue weighted by molar-refractivity contribution is -0.133. The molecule has 3 nitrogen and oxygen atoms in total. The number of likely N-dealkylation sites (tertiary alicyclic amines) is 1. The van der Waals surface area contributed by atoms with Crippen LogP contribution in [0, 0.1) is 11.8 Å². The summed E-state index contributed by atoms with van der Waals surface area (Å²) in [7, 11) is 0. The summed E-state index contributed by atoms with van der Waals surface area (Å²) in [6, 6.07) is 8.11. The van der Waals surface area contributed by atoms with Crippen LogP contribution in [-0.4, -0.2) is 30.4 Å². The summed E-state index contributed by atoms with van der Waals surface area (Å²) < 4.78 is 0. The molecule has 0 aliphatic carbocycles. The minimum atomic E-state index is 0. The van der Waals surface area contributed by atoms with Crippen LogP contribution in [0.15, 0.2) is 24.3 Å². The maximum Gasteiger partial charge on any atom is 0.223 e. The van der Waals surface area contributed by atoms with Gasteiger partial charge in [0.15, 0.2) is 0 Å². The van der Waals surface area contributed by atoms with Crippen molar-refractivity contribution in [1.29, 1.82) is 0 Å². The van der Waals surface area contributed by atoms with Gasteiger partial charge in [0.2, 0.25) is 5.91 Å². The summed E-state index contributed by atoms with van der Waals surface area (Å²) in [4.78, 5) is 14.9. The van der Waals surface area contributed by atoms with Gasteiger partial charge in [0.05, 0.1) is 6.04 Å². The highest BCUT2D eigenvalue weighted by atomic mass is 35.5. The number of carbonyl (C=O) groups excluding carboxylic acids is 1. The highest BCUT2D eigenvalue weighted by molar-refractivity contribution is 6.31. The Labute approximate surface area is 156 Å². The van der Waals surface area contributed by atoms with Gasteiger partial charge in [-0.2, -0.15) is 0 Å². The molecule has 1 N–H and O–H groups in total. The lowest BCUT2D eigenvalue weighted by Crippen LogP contribution is -2.37. The van der Waals surface area contributed by atoms with Crippen LogP contribution in [0.5, 0.6) is 0 Å². The Bertz CT molecular complexity index is 546. The molecule has 0 aromatic heterocycles. The highest BCUT2D eigenvalue weighted by Crippen LogP contribution is 2.36. The molecule has 1 amide bonds. The van der Waals surface area contributed by atoms with E-state index < -0.39 is 0 Å². The van der Waals surface area contributed by atoms with Crippen molar-refractivity contribution in [3.63, 3.8) is 0 Å². The molecule has 3 unspecified atom stereocenters. The molecule has 134 valence electrons. The van der Waals surface area contributed by atoms with Crippen LogP contribution in [0.2, 0.25) is 5.02 Å². The minimum Gasteiger partial charge on any atom is -0.336 e. The van der Waals surface area contributed by atoms with Crippen LogP contribution in [-0.2, 0) is 4.79 Å². The van der Waals surface area contributed by atoms with Gasteiger partial charge < -0.3 is 10.2 Å². The number of hydrogen-bond acceptors (Lipinski definition) is 2. The second-order valence-electron chi connectivity index (χ2n) is 7.05. The zero-order valence-electron chi connectivity index (χ0n) is 14.3. The van der Waals surface area contributed by atoms with Crippen LogP contribution in [0.1, 0.15) is 50.6 Å². The summed E-state index contributed by atoms with van der Waals surface area (Å²) >= 11 is 6.36. The third-order valence-electron chi connectivity index (χ3n) is 5.47. The predicted molar refractivity (Wildman–Crippen MR) is 102 cm³/mol. The summed E-state index contributed by atoms with van der Waals surface area (Å²) in [6.07, 6.45) is 5.23. The number of halogens is 2. The average molecular weight is 371 g/mol. The number of nitrogens with zero attached hydrogens (tertiary/aromatic N) is 1. The molecule has 2 aliphatic heterocycles. The molecule has 0 radical (unpaired) electrons. The zero-order valence-corrected chi connectivity index (χ0v) is 15.9. The summed E-state index contributed by atoms with van der Waals surface area (Å²) in [5, 5.41) is 4.24. The molecule has 2 fully saturated rings. The van der Waals surface area contributed by atoms with Crippen molar-refractivity contribution < 1.29 is 4.79 Å². The van der Waals surface area contributed by atoms with Crippen molar-refractivity contribution in [3.05, 3.63) is 34.9 Å². The second-order valence-corrected chi connectivity index (χ2v) is 7.46. The number of piperidine rings is 1. The number of benzene rings is 1. The normalized spacial score (nSPS) is 25.2. The van der Waals surface area contributed by atoms with E-state index in [2.05, 4.69) is 23.2 Å². The van der Waals surface area contributed by atoms with Gasteiger partial charge in [-0.15, -0.1) is 12.4 Å². The number of nitrogens with one attached hydrogen (secondary N) is 1. The lowest BCUT2D eigenvalue weighted by atomic mass is 9.85. The smallest absolute Gasteiger partial charge is 0.223 e. The van der Waals surface area contributed by atoms with Crippen molar-refractivity contribution in [2.24, 2.45) is 11.8 Å². The van der Waals surface area contributed by atoms with Crippen molar-refractivity contribution in [3.8, 4) is 0 Å². The van der Waals surface area contributed by atoms with E-state index in [0.29, 0.717) is 24.2 Å². The minimum absolute atomic E-state index is 0. The Balaban J connectivity index is 0.00000208. The largest absolute Gasteiger partial charge is 0.336 e. The van der Waals surface area contributed by atoms with E-state index >= 15 is 0 Å². The standard InChI is InChI=1S/C19H27ClN2O.ClH/c1-14(15-6-4-10-21-13-15)12-19(23)22-11-5-9-18(22)16-7-2-3-8-17(16)20;/h2-3,7-8,14-15,18,21H,4-6,9-13H2,1H3;1H. The van der Waals surface area contributed by atoms with Crippen molar-refractivity contribution in [2.75, 3.05) is 19.6 Å². The third-order valence-corrected chi connectivity index (χ3v) is 5.82. The highest BCUT2D eigenvalue weighted by Gasteiger charge is 2.32.